The third-order valence-electron chi connectivity index (χ3n) is 4.09. The molecule has 0 unspecified atom stereocenters. The molecule has 1 aliphatic rings. The normalized spacial score (nSPS) is 17.9. The summed E-state index contributed by atoms with van der Waals surface area (Å²) in [6.45, 7) is 5.27. The van der Waals surface area contributed by atoms with Gasteiger partial charge in [0.25, 0.3) is 0 Å². The van der Waals surface area contributed by atoms with E-state index in [1.807, 2.05) is 0 Å². The fourth-order valence-electron chi connectivity index (χ4n) is 2.90. The van der Waals surface area contributed by atoms with E-state index in [-0.39, 0.29) is 18.2 Å². The molecule has 0 aromatic heterocycles. The lowest BCUT2D eigenvalue weighted by atomic mass is 10.0. The van der Waals surface area contributed by atoms with E-state index in [9.17, 15) is 17.6 Å². The highest BCUT2D eigenvalue weighted by atomic mass is 19.4. The molecule has 0 saturated carbocycles. The van der Waals surface area contributed by atoms with E-state index in [2.05, 4.69) is 17.1 Å². The van der Waals surface area contributed by atoms with Crippen LogP contribution in [-0.2, 0) is 12.7 Å². The maximum Gasteiger partial charge on any atom is 0.416 e. The summed E-state index contributed by atoms with van der Waals surface area (Å²) in [5.74, 6) is -0.857. The molecule has 1 heterocycles. The molecule has 0 radical (unpaired) electrons. The van der Waals surface area contributed by atoms with Gasteiger partial charge in [0, 0.05) is 12.6 Å². The number of piperidine rings is 1. The van der Waals surface area contributed by atoms with Gasteiger partial charge in [-0.05, 0) is 56.6 Å². The molecule has 2 rings (SSSR count). The smallest absolute Gasteiger partial charge is 0.310 e. The van der Waals surface area contributed by atoms with Crippen molar-refractivity contribution in [1.82, 2.24) is 10.2 Å². The lowest BCUT2D eigenvalue weighted by Crippen LogP contribution is -2.42. The number of nitrogens with one attached hydrogen (secondary N) is 1. The Kier molecular flexibility index (Phi) is 5.81. The average Bonchev–Trinajstić information content (AvgIpc) is 2.47. The third-order valence-corrected chi connectivity index (χ3v) is 4.09. The molecule has 124 valence electrons. The second-order valence-electron chi connectivity index (χ2n) is 5.80. The van der Waals surface area contributed by atoms with Crippen LogP contribution in [0.2, 0.25) is 0 Å². The molecule has 0 bridgehead atoms. The van der Waals surface area contributed by atoms with Gasteiger partial charge in [0.15, 0.2) is 0 Å². The predicted octanol–water partition coefficient (Wildman–Crippen LogP) is 3.81. The van der Waals surface area contributed by atoms with Crippen LogP contribution in [0.25, 0.3) is 0 Å². The molecule has 2 nitrogen and oxygen atoms in total. The number of rotatable bonds is 5. The molecule has 1 fully saturated rings. The van der Waals surface area contributed by atoms with Crippen LogP contribution in [-0.4, -0.2) is 30.6 Å². The van der Waals surface area contributed by atoms with Gasteiger partial charge in [-0.1, -0.05) is 13.0 Å². The number of hydrogen-bond donors (Lipinski definition) is 1. The first-order chi connectivity index (χ1) is 10.4. The maximum atomic E-state index is 13.1. The first kappa shape index (κ1) is 17.2. The molecular weight excluding hydrogens is 296 g/mol. The van der Waals surface area contributed by atoms with Crippen molar-refractivity contribution < 1.29 is 17.6 Å². The Hall–Kier alpha value is -1.14. The number of hydrogen-bond acceptors (Lipinski definition) is 2. The van der Waals surface area contributed by atoms with Gasteiger partial charge in [-0.25, -0.2) is 4.39 Å². The van der Waals surface area contributed by atoms with Crippen LogP contribution in [0.5, 0.6) is 0 Å². The molecular formula is C16H22F4N2. The molecule has 22 heavy (non-hydrogen) atoms. The van der Waals surface area contributed by atoms with Crippen LogP contribution in [0.3, 0.4) is 0 Å². The van der Waals surface area contributed by atoms with E-state index in [1.54, 1.807) is 0 Å². The van der Waals surface area contributed by atoms with Crippen molar-refractivity contribution in [2.24, 2.45) is 0 Å². The Balaban J connectivity index is 1.93. The van der Waals surface area contributed by atoms with Gasteiger partial charge in [0.05, 0.1) is 5.56 Å². The van der Waals surface area contributed by atoms with Gasteiger partial charge in [-0.3, -0.25) is 0 Å². The molecule has 6 heteroatoms. The van der Waals surface area contributed by atoms with Crippen molar-refractivity contribution in [3.63, 3.8) is 0 Å². The highest BCUT2D eigenvalue weighted by Gasteiger charge is 2.33. The average molecular weight is 318 g/mol. The summed E-state index contributed by atoms with van der Waals surface area (Å²) < 4.78 is 51.8. The van der Waals surface area contributed by atoms with Crippen LogP contribution in [0.1, 0.15) is 37.3 Å². The van der Waals surface area contributed by atoms with E-state index < -0.39 is 17.6 Å². The van der Waals surface area contributed by atoms with E-state index >= 15 is 0 Å². The first-order valence-corrected chi connectivity index (χ1v) is 7.71. The largest absolute Gasteiger partial charge is 0.416 e. The van der Waals surface area contributed by atoms with Crippen molar-refractivity contribution in [3.05, 3.63) is 35.1 Å². The summed E-state index contributed by atoms with van der Waals surface area (Å²) in [5, 5.41) is 3.18. The topological polar surface area (TPSA) is 15.3 Å². The van der Waals surface area contributed by atoms with Gasteiger partial charge in [-0.15, -0.1) is 0 Å². The standard InChI is InChI=1S/C16H22F4N2/c1-2-7-22-8-5-14(6-9-22)21-11-12-3-4-13(17)10-15(12)16(18,19)20/h3-4,10,14,21H,2,5-9,11H2,1H3. The predicted molar refractivity (Wildman–Crippen MR) is 78.0 cm³/mol. The van der Waals surface area contributed by atoms with Gasteiger partial charge >= 0.3 is 6.18 Å². The molecule has 1 N–H and O–H groups in total. The van der Waals surface area contributed by atoms with E-state index in [4.69, 9.17) is 0 Å². The highest BCUT2D eigenvalue weighted by molar-refractivity contribution is 5.30. The minimum atomic E-state index is -4.52. The highest BCUT2D eigenvalue weighted by Crippen LogP contribution is 2.32. The van der Waals surface area contributed by atoms with Crippen molar-refractivity contribution in [2.45, 2.75) is 44.9 Å². The minimum Gasteiger partial charge on any atom is -0.310 e. The lowest BCUT2D eigenvalue weighted by Gasteiger charge is -2.32. The summed E-state index contributed by atoms with van der Waals surface area (Å²) in [4.78, 5) is 2.37. The zero-order valence-corrected chi connectivity index (χ0v) is 12.7. The summed E-state index contributed by atoms with van der Waals surface area (Å²) in [6, 6.07) is 3.09. The Bertz CT molecular complexity index is 480. The summed E-state index contributed by atoms with van der Waals surface area (Å²) in [6.07, 6.45) is -1.54. The van der Waals surface area contributed by atoms with Gasteiger partial charge in [0.1, 0.15) is 5.82 Å². The quantitative estimate of drug-likeness (QED) is 0.831. The Labute approximate surface area is 128 Å². The van der Waals surface area contributed by atoms with Crippen LogP contribution in [0.15, 0.2) is 18.2 Å². The van der Waals surface area contributed by atoms with Gasteiger partial charge in [0.2, 0.25) is 0 Å². The lowest BCUT2D eigenvalue weighted by molar-refractivity contribution is -0.138. The van der Waals surface area contributed by atoms with Gasteiger partial charge in [-0.2, -0.15) is 13.2 Å². The molecule has 0 aliphatic carbocycles. The number of alkyl halides is 3. The molecule has 1 aromatic rings. The molecule has 1 aromatic carbocycles. The Morgan fingerprint density at radius 2 is 1.91 bits per heavy atom. The number of benzene rings is 1. The minimum absolute atomic E-state index is 0.102. The molecule has 0 spiro atoms. The van der Waals surface area contributed by atoms with Crippen LogP contribution in [0.4, 0.5) is 17.6 Å². The maximum absolute atomic E-state index is 13.1. The van der Waals surface area contributed by atoms with Crippen LogP contribution >= 0.6 is 0 Å². The molecule has 0 amide bonds. The third kappa shape index (κ3) is 4.68. The molecule has 0 atom stereocenters. The summed E-state index contributed by atoms with van der Waals surface area (Å²) in [5.41, 5.74) is -0.784. The molecule has 1 aliphatic heterocycles. The van der Waals surface area contributed by atoms with Crippen molar-refractivity contribution in [3.8, 4) is 0 Å². The van der Waals surface area contributed by atoms with E-state index in [0.29, 0.717) is 6.07 Å². The van der Waals surface area contributed by atoms with Crippen LogP contribution in [0, 0.1) is 5.82 Å². The second-order valence-corrected chi connectivity index (χ2v) is 5.80. The Morgan fingerprint density at radius 1 is 1.23 bits per heavy atom. The summed E-state index contributed by atoms with van der Waals surface area (Å²) >= 11 is 0. The number of likely N-dealkylation sites (tertiary alicyclic amines) is 1. The monoisotopic (exact) mass is 318 g/mol. The van der Waals surface area contributed by atoms with Crippen molar-refractivity contribution in [1.29, 1.82) is 0 Å². The van der Waals surface area contributed by atoms with Crippen LogP contribution < -0.4 is 5.32 Å². The first-order valence-electron chi connectivity index (χ1n) is 7.71. The number of halogens is 4. The second kappa shape index (κ2) is 7.42. The van der Waals surface area contributed by atoms with Crippen molar-refractivity contribution >= 4 is 0 Å². The zero-order valence-electron chi connectivity index (χ0n) is 12.7. The zero-order chi connectivity index (χ0) is 16.2. The summed E-state index contributed by atoms with van der Waals surface area (Å²) in [7, 11) is 0. The SMILES string of the molecule is CCCN1CCC(NCc2ccc(F)cc2C(F)(F)F)CC1. The van der Waals surface area contributed by atoms with Gasteiger partial charge < -0.3 is 10.2 Å². The molecule has 1 saturated heterocycles. The Morgan fingerprint density at radius 3 is 2.50 bits per heavy atom. The fraction of sp³-hybridized carbons (Fsp3) is 0.625. The number of nitrogens with zero attached hydrogens (tertiary/aromatic N) is 1. The van der Waals surface area contributed by atoms with Crippen molar-refractivity contribution in [2.75, 3.05) is 19.6 Å². The van der Waals surface area contributed by atoms with E-state index in [0.717, 1.165) is 45.0 Å². The van der Waals surface area contributed by atoms with E-state index in [1.165, 1.54) is 6.07 Å². The fourth-order valence-corrected chi connectivity index (χ4v) is 2.90.